The van der Waals surface area contributed by atoms with Gasteiger partial charge in [0.05, 0.1) is 6.61 Å². The van der Waals surface area contributed by atoms with Crippen molar-refractivity contribution in [3.05, 3.63) is 102 Å². The van der Waals surface area contributed by atoms with Gasteiger partial charge in [0.15, 0.2) is 5.82 Å². The van der Waals surface area contributed by atoms with Crippen molar-refractivity contribution >= 4 is 18.3 Å². The zero-order chi connectivity index (χ0) is 35.7. The Morgan fingerprint density at radius 1 is 0.840 bits per heavy atom. The van der Waals surface area contributed by atoms with Crippen LogP contribution in [-0.2, 0) is 16.0 Å². The monoisotopic (exact) mass is 678 g/mol. The molecule has 2 amide bonds. The number of ether oxygens (including phenoxy) is 1. The van der Waals surface area contributed by atoms with E-state index in [1.54, 1.807) is 0 Å². The highest BCUT2D eigenvalue weighted by atomic mass is 16.5. The molecule has 1 atom stereocenters. The van der Waals surface area contributed by atoms with Crippen molar-refractivity contribution in [2.75, 3.05) is 19.7 Å². The number of amides is 2. The number of likely N-dealkylation sites (tertiary alicyclic amines) is 1. The molecule has 9 nitrogen and oxygen atoms in total. The summed E-state index contributed by atoms with van der Waals surface area (Å²) in [6.07, 6.45) is 12.2. The van der Waals surface area contributed by atoms with E-state index in [0.29, 0.717) is 23.7 Å². The molecule has 5 rings (SSSR count). The fourth-order valence-electron chi connectivity index (χ4n) is 5.91. The van der Waals surface area contributed by atoms with E-state index in [4.69, 9.17) is 14.6 Å². The summed E-state index contributed by atoms with van der Waals surface area (Å²) in [4.78, 5) is 46.2. The van der Waals surface area contributed by atoms with Crippen molar-refractivity contribution in [1.29, 1.82) is 0 Å². The quantitative estimate of drug-likeness (QED) is 0.0967. The zero-order valence-corrected chi connectivity index (χ0v) is 29.5. The number of hydrogen-bond acceptors (Lipinski definition) is 6. The van der Waals surface area contributed by atoms with E-state index in [2.05, 4.69) is 36.1 Å². The van der Waals surface area contributed by atoms with Gasteiger partial charge in [0.2, 0.25) is 5.91 Å². The van der Waals surface area contributed by atoms with E-state index >= 15 is 0 Å². The maximum atomic E-state index is 13.5. The first-order valence-electron chi connectivity index (χ1n) is 17.7. The van der Waals surface area contributed by atoms with Crippen LogP contribution in [0.5, 0.6) is 5.75 Å². The number of nitrogens with zero attached hydrogens (tertiary/aromatic N) is 3. The third-order valence-corrected chi connectivity index (χ3v) is 8.87. The summed E-state index contributed by atoms with van der Waals surface area (Å²) in [5, 5.41) is 9.92. The standard InChI is InChI=1S/C40H48N4O3.CH2O2/c1-4-5-6-7-10-25-47-36-21-19-32(20-22-36)35-27-41-38(42-28-35)33-13-11-30(12-14-33)26-37(40(46)44-23-8-9-24-44)43-39(45)34-17-15-31(16-18-34)29(2)3;2-1-3/h11-22,27-29,37H,4-10,23-26H2,1-3H3,(H,43,45);1H,(H,2,3). The van der Waals surface area contributed by atoms with Gasteiger partial charge in [-0.05, 0) is 66.1 Å². The van der Waals surface area contributed by atoms with Crippen molar-refractivity contribution in [3.8, 4) is 28.3 Å². The van der Waals surface area contributed by atoms with Crippen molar-refractivity contribution in [1.82, 2.24) is 20.2 Å². The number of benzene rings is 3. The van der Waals surface area contributed by atoms with E-state index in [9.17, 15) is 9.59 Å². The number of aromatic nitrogens is 2. The predicted octanol–water partition coefficient (Wildman–Crippen LogP) is 7.95. The van der Waals surface area contributed by atoms with E-state index < -0.39 is 6.04 Å². The molecule has 2 heterocycles. The van der Waals surface area contributed by atoms with Crippen LogP contribution in [-0.4, -0.2) is 64.0 Å². The third kappa shape index (κ3) is 11.3. The molecule has 9 heteroatoms. The lowest BCUT2D eigenvalue weighted by Crippen LogP contribution is -2.49. The molecule has 3 aromatic carbocycles. The first kappa shape index (κ1) is 37.8. The van der Waals surface area contributed by atoms with Gasteiger partial charge >= 0.3 is 0 Å². The van der Waals surface area contributed by atoms with E-state index in [1.165, 1.54) is 31.2 Å². The maximum absolute atomic E-state index is 13.5. The smallest absolute Gasteiger partial charge is 0.290 e. The van der Waals surface area contributed by atoms with Gasteiger partial charge in [-0.25, -0.2) is 9.97 Å². The number of rotatable bonds is 15. The lowest BCUT2D eigenvalue weighted by molar-refractivity contribution is -0.132. The number of hydrogen-bond donors (Lipinski definition) is 2. The minimum absolute atomic E-state index is 0.0281. The van der Waals surface area contributed by atoms with Crippen molar-refractivity contribution < 1.29 is 24.2 Å². The Morgan fingerprint density at radius 3 is 2.04 bits per heavy atom. The molecule has 4 aromatic rings. The van der Waals surface area contributed by atoms with Gasteiger partial charge in [0.1, 0.15) is 11.8 Å². The van der Waals surface area contributed by atoms with Crippen LogP contribution in [0.3, 0.4) is 0 Å². The summed E-state index contributed by atoms with van der Waals surface area (Å²) < 4.78 is 5.90. The van der Waals surface area contributed by atoms with Crippen LogP contribution >= 0.6 is 0 Å². The first-order chi connectivity index (χ1) is 24.3. The fourth-order valence-corrected chi connectivity index (χ4v) is 5.91. The van der Waals surface area contributed by atoms with E-state index in [-0.39, 0.29) is 18.3 Å². The minimum atomic E-state index is -0.644. The van der Waals surface area contributed by atoms with Crippen LogP contribution in [0.2, 0.25) is 0 Å². The molecule has 264 valence electrons. The summed E-state index contributed by atoms with van der Waals surface area (Å²) in [6, 6.07) is 23.0. The van der Waals surface area contributed by atoms with Gasteiger partial charge in [-0.3, -0.25) is 14.4 Å². The summed E-state index contributed by atoms with van der Waals surface area (Å²) in [7, 11) is 0. The normalized spacial score (nSPS) is 12.9. The summed E-state index contributed by atoms with van der Waals surface area (Å²) in [6.45, 7) is 8.44. The van der Waals surface area contributed by atoms with Gasteiger partial charge in [-0.2, -0.15) is 0 Å². The van der Waals surface area contributed by atoms with E-state index in [1.807, 2.05) is 90.1 Å². The van der Waals surface area contributed by atoms with Crippen molar-refractivity contribution in [2.45, 2.75) is 84.1 Å². The minimum Gasteiger partial charge on any atom is -0.494 e. The number of carbonyl (C=O) groups is 3. The SMILES string of the molecule is CCCCCCCOc1ccc(-c2cnc(-c3ccc(CC(NC(=O)c4ccc(C(C)C)cc4)C(=O)N4CCCC4)cc3)nc2)cc1.O=CO. The fraction of sp³-hybridized carbons (Fsp3) is 0.390. The van der Waals surface area contributed by atoms with Gasteiger partial charge < -0.3 is 20.1 Å². The molecule has 1 aliphatic heterocycles. The van der Waals surface area contributed by atoms with Gasteiger partial charge in [0, 0.05) is 48.6 Å². The molecule has 1 aromatic heterocycles. The first-order valence-corrected chi connectivity index (χ1v) is 17.7. The number of unbranched alkanes of at least 4 members (excludes halogenated alkanes) is 4. The highest BCUT2D eigenvalue weighted by molar-refractivity contribution is 5.97. The Morgan fingerprint density at radius 2 is 1.44 bits per heavy atom. The Kier molecular flexibility index (Phi) is 15.0. The topological polar surface area (TPSA) is 122 Å². The average Bonchev–Trinajstić information content (AvgIpc) is 3.69. The lowest BCUT2D eigenvalue weighted by Gasteiger charge is -2.24. The lowest BCUT2D eigenvalue weighted by atomic mass is 10.0. The van der Waals surface area contributed by atoms with Gasteiger partial charge in [0.25, 0.3) is 12.4 Å². The molecule has 2 N–H and O–H groups in total. The Bertz CT molecular complexity index is 1620. The van der Waals surface area contributed by atoms with Crippen molar-refractivity contribution in [2.24, 2.45) is 0 Å². The van der Waals surface area contributed by atoms with Crippen LogP contribution in [0.1, 0.15) is 93.1 Å². The molecule has 50 heavy (non-hydrogen) atoms. The largest absolute Gasteiger partial charge is 0.494 e. The molecule has 0 spiro atoms. The van der Waals surface area contributed by atoms with Gasteiger partial charge in [-0.1, -0.05) is 95.0 Å². The highest BCUT2D eigenvalue weighted by Crippen LogP contribution is 2.24. The van der Waals surface area contributed by atoms with Crippen LogP contribution in [0, 0.1) is 0 Å². The molecule has 1 fully saturated rings. The molecule has 1 aliphatic rings. The second kappa shape index (κ2) is 19.8. The number of nitrogens with one attached hydrogen (secondary N) is 1. The van der Waals surface area contributed by atoms with Gasteiger partial charge in [-0.15, -0.1) is 0 Å². The second-order valence-electron chi connectivity index (χ2n) is 12.9. The summed E-state index contributed by atoms with van der Waals surface area (Å²) >= 11 is 0. The predicted molar refractivity (Wildman–Crippen MR) is 197 cm³/mol. The third-order valence-electron chi connectivity index (χ3n) is 8.87. The molecular weight excluding hydrogens is 628 g/mol. The maximum Gasteiger partial charge on any atom is 0.290 e. The van der Waals surface area contributed by atoms with Crippen molar-refractivity contribution in [3.63, 3.8) is 0 Å². The molecule has 0 bridgehead atoms. The van der Waals surface area contributed by atoms with Crippen LogP contribution < -0.4 is 10.1 Å². The Hall–Kier alpha value is -5.05. The second-order valence-corrected chi connectivity index (χ2v) is 12.9. The molecule has 0 saturated carbocycles. The zero-order valence-electron chi connectivity index (χ0n) is 29.5. The van der Waals surface area contributed by atoms with Crippen LogP contribution in [0.25, 0.3) is 22.5 Å². The molecular formula is C41H50N4O5. The summed E-state index contributed by atoms with van der Waals surface area (Å²) in [5.74, 6) is 1.63. The average molecular weight is 679 g/mol. The van der Waals surface area contributed by atoms with E-state index in [0.717, 1.165) is 67.0 Å². The molecule has 1 unspecified atom stereocenters. The number of carbonyl (C=O) groups excluding carboxylic acids is 2. The highest BCUT2D eigenvalue weighted by Gasteiger charge is 2.28. The molecule has 1 saturated heterocycles. The Balaban J connectivity index is 0.00000181. The van der Waals surface area contributed by atoms with Crippen LogP contribution in [0.4, 0.5) is 0 Å². The molecule has 0 aliphatic carbocycles. The van der Waals surface area contributed by atoms with Crippen LogP contribution in [0.15, 0.2) is 85.2 Å². The summed E-state index contributed by atoms with van der Waals surface area (Å²) in [5.41, 5.74) is 5.55. The number of carboxylic acid groups (broad SMARTS) is 1. The Labute approximate surface area is 296 Å². The molecule has 0 radical (unpaired) electrons.